The second kappa shape index (κ2) is 11.8. The first kappa shape index (κ1) is 26.3. The van der Waals surface area contributed by atoms with Gasteiger partial charge in [-0.2, -0.15) is 0 Å². The van der Waals surface area contributed by atoms with E-state index in [4.69, 9.17) is 0 Å². The number of nitrogens with one attached hydrogen (secondary N) is 1. The van der Waals surface area contributed by atoms with E-state index in [1.54, 1.807) is 38.1 Å². The number of benzene rings is 2. The second-order valence-electron chi connectivity index (χ2n) is 7.94. The smallest absolute Gasteiger partial charge is 0.242 e. The normalized spacial score (nSPS) is 12.2. The highest BCUT2D eigenvalue weighted by Gasteiger charge is 2.26. The number of halogens is 1. The molecule has 1 atom stereocenters. The van der Waals surface area contributed by atoms with Crippen LogP contribution in [0.2, 0.25) is 0 Å². The fourth-order valence-corrected chi connectivity index (χ4v) is 4.54. The van der Waals surface area contributed by atoms with Gasteiger partial charge in [0.2, 0.25) is 21.8 Å². The van der Waals surface area contributed by atoms with Crippen molar-refractivity contribution in [3.05, 3.63) is 65.5 Å². The molecule has 0 aliphatic heterocycles. The molecule has 0 saturated carbocycles. The third-order valence-electron chi connectivity index (χ3n) is 5.32. The van der Waals surface area contributed by atoms with Crippen LogP contribution >= 0.6 is 0 Å². The van der Waals surface area contributed by atoms with Crippen LogP contribution in [0.25, 0.3) is 0 Å². The largest absolute Gasteiger partial charge is 0.355 e. The summed E-state index contributed by atoms with van der Waals surface area (Å²) in [5.41, 5.74) is 2.09. The van der Waals surface area contributed by atoms with Crippen molar-refractivity contribution in [2.75, 3.05) is 23.7 Å². The van der Waals surface area contributed by atoms with E-state index in [-0.39, 0.29) is 43.6 Å². The Morgan fingerprint density at radius 2 is 1.73 bits per heavy atom. The summed E-state index contributed by atoms with van der Waals surface area (Å²) in [6, 6.07) is 12.2. The number of hydrogen-bond acceptors (Lipinski definition) is 4. The van der Waals surface area contributed by atoms with Crippen LogP contribution in [0.1, 0.15) is 37.8 Å². The molecule has 0 fully saturated rings. The predicted molar refractivity (Wildman–Crippen MR) is 128 cm³/mol. The summed E-state index contributed by atoms with van der Waals surface area (Å²) in [7, 11) is -3.54. The molecule has 7 nitrogen and oxygen atoms in total. The highest BCUT2D eigenvalue weighted by molar-refractivity contribution is 7.92. The van der Waals surface area contributed by atoms with Crippen LogP contribution in [0.15, 0.2) is 48.5 Å². The molecule has 180 valence electrons. The van der Waals surface area contributed by atoms with Gasteiger partial charge < -0.3 is 10.2 Å². The van der Waals surface area contributed by atoms with E-state index < -0.39 is 16.1 Å². The molecule has 0 bridgehead atoms. The topological polar surface area (TPSA) is 86.8 Å². The van der Waals surface area contributed by atoms with Crippen molar-refractivity contribution in [1.29, 1.82) is 0 Å². The minimum atomic E-state index is -3.54. The van der Waals surface area contributed by atoms with Crippen molar-refractivity contribution in [2.24, 2.45) is 0 Å². The van der Waals surface area contributed by atoms with Crippen LogP contribution in [0, 0.1) is 12.7 Å². The molecule has 1 N–H and O–H groups in total. The van der Waals surface area contributed by atoms with E-state index in [0.29, 0.717) is 17.8 Å². The number of carbonyl (C=O) groups is 2. The van der Waals surface area contributed by atoms with Crippen LogP contribution in [-0.4, -0.2) is 50.5 Å². The van der Waals surface area contributed by atoms with Gasteiger partial charge in [-0.15, -0.1) is 0 Å². The predicted octanol–water partition coefficient (Wildman–Crippen LogP) is 3.23. The van der Waals surface area contributed by atoms with Crippen molar-refractivity contribution in [3.63, 3.8) is 0 Å². The van der Waals surface area contributed by atoms with Crippen molar-refractivity contribution in [2.45, 2.75) is 46.2 Å². The molecule has 0 saturated heterocycles. The van der Waals surface area contributed by atoms with E-state index in [2.05, 4.69) is 5.32 Å². The van der Waals surface area contributed by atoms with E-state index in [1.807, 2.05) is 19.1 Å². The molecular weight excluding hydrogens is 445 g/mol. The summed E-state index contributed by atoms with van der Waals surface area (Å²) in [6.07, 6.45) is 1.48. The lowest BCUT2D eigenvalue weighted by molar-refractivity contribution is -0.140. The van der Waals surface area contributed by atoms with E-state index >= 15 is 0 Å². The van der Waals surface area contributed by atoms with Gasteiger partial charge in [-0.1, -0.05) is 30.3 Å². The Bertz CT molecular complexity index is 1060. The highest BCUT2D eigenvalue weighted by Crippen LogP contribution is 2.23. The van der Waals surface area contributed by atoms with Gasteiger partial charge in [0.05, 0.1) is 11.9 Å². The van der Waals surface area contributed by atoms with Gasteiger partial charge in [-0.3, -0.25) is 13.9 Å². The molecule has 0 heterocycles. The first-order chi connectivity index (χ1) is 15.5. The highest BCUT2D eigenvalue weighted by atomic mass is 32.2. The standard InChI is InChI=1S/C24H32FN3O4S/c1-5-26-24(30)19(3)27(17-20-12-14-21(25)15-13-20)23(29)11-8-16-28(33(4,31)32)22-10-7-6-9-18(22)2/h6-7,9-10,12-15,19H,5,8,11,16-17H2,1-4H3,(H,26,30). The number of likely N-dealkylation sites (N-methyl/N-ethyl adjacent to an activating group) is 1. The summed E-state index contributed by atoms with van der Waals surface area (Å²) >= 11 is 0. The molecule has 0 aliphatic carbocycles. The number of nitrogens with zero attached hydrogens (tertiary/aromatic N) is 2. The van der Waals surface area contributed by atoms with E-state index in [0.717, 1.165) is 11.8 Å². The summed E-state index contributed by atoms with van der Waals surface area (Å²) in [6.45, 7) is 5.98. The van der Waals surface area contributed by atoms with Gasteiger partial charge >= 0.3 is 0 Å². The molecule has 0 aromatic heterocycles. The number of sulfonamides is 1. The van der Waals surface area contributed by atoms with E-state index in [1.165, 1.54) is 21.3 Å². The average Bonchev–Trinajstić information content (AvgIpc) is 2.76. The Labute approximate surface area is 195 Å². The Morgan fingerprint density at radius 3 is 2.30 bits per heavy atom. The third-order valence-corrected chi connectivity index (χ3v) is 6.50. The molecule has 2 rings (SSSR count). The summed E-state index contributed by atoms with van der Waals surface area (Å²) in [5.74, 6) is -0.951. The molecule has 9 heteroatoms. The number of anilines is 1. The molecule has 33 heavy (non-hydrogen) atoms. The van der Waals surface area contributed by atoms with Crippen LogP contribution < -0.4 is 9.62 Å². The maximum atomic E-state index is 13.3. The van der Waals surface area contributed by atoms with Gasteiger partial charge in [0.15, 0.2) is 0 Å². The molecule has 0 aliphatic rings. The summed E-state index contributed by atoms with van der Waals surface area (Å²) < 4.78 is 39.3. The fourth-order valence-electron chi connectivity index (χ4n) is 3.52. The first-order valence-corrected chi connectivity index (χ1v) is 12.7. The lowest BCUT2D eigenvalue weighted by Gasteiger charge is -2.29. The molecular formula is C24H32FN3O4S. The van der Waals surface area contributed by atoms with Gasteiger partial charge in [0.1, 0.15) is 11.9 Å². The fraction of sp³-hybridized carbons (Fsp3) is 0.417. The monoisotopic (exact) mass is 477 g/mol. The minimum absolute atomic E-state index is 0.0584. The van der Waals surface area contributed by atoms with Gasteiger partial charge in [0.25, 0.3) is 0 Å². The lowest BCUT2D eigenvalue weighted by atomic mass is 10.1. The molecule has 2 aromatic rings. The van der Waals surface area contributed by atoms with E-state index in [9.17, 15) is 22.4 Å². The van der Waals surface area contributed by atoms with Crippen LogP contribution in [0.4, 0.5) is 10.1 Å². The van der Waals surface area contributed by atoms with Crippen LogP contribution in [-0.2, 0) is 26.2 Å². The Morgan fingerprint density at radius 1 is 1.09 bits per heavy atom. The zero-order chi connectivity index (χ0) is 24.6. The third kappa shape index (κ3) is 7.56. The number of para-hydroxylation sites is 1. The summed E-state index contributed by atoms with van der Waals surface area (Å²) in [4.78, 5) is 27.0. The molecule has 1 unspecified atom stereocenters. The zero-order valence-electron chi connectivity index (χ0n) is 19.5. The maximum Gasteiger partial charge on any atom is 0.242 e. The maximum absolute atomic E-state index is 13.3. The number of aryl methyl sites for hydroxylation is 1. The SMILES string of the molecule is CCNC(=O)C(C)N(Cc1ccc(F)cc1)C(=O)CCCN(c1ccccc1C)S(C)(=O)=O. The first-order valence-electron chi connectivity index (χ1n) is 10.9. The van der Waals surface area contributed by atoms with Crippen LogP contribution in [0.5, 0.6) is 0 Å². The number of hydrogen-bond donors (Lipinski definition) is 1. The second-order valence-corrected chi connectivity index (χ2v) is 9.85. The quantitative estimate of drug-likeness (QED) is 0.538. The Kier molecular flexibility index (Phi) is 9.40. The molecule has 2 amide bonds. The van der Waals surface area contributed by atoms with Crippen LogP contribution in [0.3, 0.4) is 0 Å². The lowest BCUT2D eigenvalue weighted by Crippen LogP contribution is -2.47. The van der Waals surface area contributed by atoms with Crippen molar-refractivity contribution in [3.8, 4) is 0 Å². The average molecular weight is 478 g/mol. The number of rotatable bonds is 11. The van der Waals surface area contributed by atoms with Crippen molar-refractivity contribution < 1.29 is 22.4 Å². The zero-order valence-corrected chi connectivity index (χ0v) is 20.4. The summed E-state index contributed by atoms with van der Waals surface area (Å²) in [5, 5.41) is 2.72. The van der Waals surface area contributed by atoms with Crippen molar-refractivity contribution >= 4 is 27.5 Å². The molecule has 0 radical (unpaired) electrons. The number of carbonyl (C=O) groups excluding carboxylic acids is 2. The minimum Gasteiger partial charge on any atom is -0.355 e. The Hall–Kier alpha value is -2.94. The van der Waals surface area contributed by atoms with Gasteiger partial charge in [-0.25, -0.2) is 12.8 Å². The van der Waals surface area contributed by atoms with Crippen molar-refractivity contribution in [1.82, 2.24) is 10.2 Å². The molecule has 0 spiro atoms. The van der Waals surface area contributed by atoms with Gasteiger partial charge in [-0.05, 0) is 56.5 Å². The Balaban J connectivity index is 2.15. The molecule has 2 aromatic carbocycles. The van der Waals surface area contributed by atoms with Gasteiger partial charge in [0, 0.05) is 26.1 Å². The number of amides is 2.